The normalized spacial score (nSPS) is 48.2. The summed E-state index contributed by atoms with van der Waals surface area (Å²) in [7, 11) is 0. The van der Waals surface area contributed by atoms with Gasteiger partial charge in [0.1, 0.15) is 6.04 Å². The SMILES string of the molecule is N#CC1C2CC2CN1N. The van der Waals surface area contributed by atoms with E-state index in [1.807, 2.05) is 0 Å². The van der Waals surface area contributed by atoms with Gasteiger partial charge in [-0.05, 0) is 18.3 Å². The first kappa shape index (κ1) is 5.21. The van der Waals surface area contributed by atoms with Gasteiger partial charge in [0, 0.05) is 6.54 Å². The van der Waals surface area contributed by atoms with Crippen LogP contribution in [0.5, 0.6) is 0 Å². The van der Waals surface area contributed by atoms with Crippen LogP contribution < -0.4 is 5.84 Å². The Balaban J connectivity index is 2.13. The van der Waals surface area contributed by atoms with Crippen molar-refractivity contribution in [1.29, 1.82) is 5.26 Å². The molecule has 0 aromatic rings. The number of hydrogen-bond donors (Lipinski definition) is 1. The minimum atomic E-state index is 0.0231. The molecule has 1 aliphatic heterocycles. The summed E-state index contributed by atoms with van der Waals surface area (Å²) in [6.45, 7) is 0.933. The van der Waals surface area contributed by atoms with E-state index in [-0.39, 0.29) is 6.04 Å². The van der Waals surface area contributed by atoms with Crippen molar-refractivity contribution in [2.45, 2.75) is 12.5 Å². The maximum Gasteiger partial charge on any atom is 0.114 e. The molecule has 3 nitrogen and oxygen atoms in total. The molecule has 3 heteroatoms. The van der Waals surface area contributed by atoms with Crippen molar-refractivity contribution in [2.75, 3.05) is 6.54 Å². The van der Waals surface area contributed by atoms with Gasteiger partial charge in [-0.15, -0.1) is 0 Å². The van der Waals surface area contributed by atoms with Crippen LogP contribution in [0.3, 0.4) is 0 Å². The Bertz CT molecular complexity index is 170. The molecule has 0 spiro atoms. The van der Waals surface area contributed by atoms with E-state index < -0.39 is 0 Å². The number of fused-ring (bicyclic) bond motifs is 1. The molecule has 2 N–H and O–H groups in total. The summed E-state index contributed by atoms with van der Waals surface area (Å²) in [6.07, 6.45) is 1.23. The molecule has 2 rings (SSSR count). The smallest absolute Gasteiger partial charge is 0.114 e. The van der Waals surface area contributed by atoms with Gasteiger partial charge >= 0.3 is 0 Å². The van der Waals surface area contributed by atoms with Gasteiger partial charge in [0.15, 0.2) is 0 Å². The Morgan fingerprint density at radius 1 is 1.67 bits per heavy atom. The van der Waals surface area contributed by atoms with E-state index in [2.05, 4.69) is 6.07 Å². The molecule has 9 heavy (non-hydrogen) atoms. The first-order chi connectivity index (χ1) is 4.33. The molecular weight excluding hydrogens is 114 g/mol. The monoisotopic (exact) mass is 123 g/mol. The fourth-order valence-electron chi connectivity index (χ4n) is 1.67. The maximum absolute atomic E-state index is 8.56. The third-order valence-corrected chi connectivity index (χ3v) is 2.32. The molecule has 0 bridgehead atoms. The van der Waals surface area contributed by atoms with Crippen molar-refractivity contribution in [1.82, 2.24) is 5.01 Å². The predicted molar refractivity (Wildman–Crippen MR) is 31.9 cm³/mol. The zero-order chi connectivity index (χ0) is 6.43. The zero-order valence-electron chi connectivity index (χ0n) is 5.12. The third-order valence-electron chi connectivity index (χ3n) is 2.32. The summed E-state index contributed by atoms with van der Waals surface area (Å²) in [6, 6.07) is 2.23. The highest BCUT2D eigenvalue weighted by atomic mass is 15.4. The molecule has 0 amide bonds. The molecule has 1 saturated carbocycles. The Morgan fingerprint density at radius 3 is 2.78 bits per heavy atom. The van der Waals surface area contributed by atoms with Gasteiger partial charge < -0.3 is 0 Å². The quantitative estimate of drug-likeness (QED) is 0.450. The van der Waals surface area contributed by atoms with Crippen molar-refractivity contribution >= 4 is 0 Å². The lowest BCUT2D eigenvalue weighted by Gasteiger charge is -2.13. The highest BCUT2D eigenvalue weighted by molar-refractivity contribution is 5.11. The first-order valence-electron chi connectivity index (χ1n) is 3.24. The molecule has 1 heterocycles. The molecular formula is C6H9N3. The lowest BCUT2D eigenvalue weighted by Crippen LogP contribution is -2.37. The van der Waals surface area contributed by atoms with E-state index in [0.29, 0.717) is 5.92 Å². The van der Waals surface area contributed by atoms with Crippen molar-refractivity contribution in [3.63, 3.8) is 0 Å². The van der Waals surface area contributed by atoms with E-state index >= 15 is 0 Å². The number of nitriles is 1. The first-order valence-corrected chi connectivity index (χ1v) is 3.24. The van der Waals surface area contributed by atoms with Crippen LogP contribution in [0.2, 0.25) is 0 Å². The summed E-state index contributed by atoms with van der Waals surface area (Å²) in [5.41, 5.74) is 0. The lowest BCUT2D eigenvalue weighted by molar-refractivity contribution is 0.269. The Kier molecular flexibility index (Phi) is 0.850. The Hall–Kier alpha value is -0.590. The predicted octanol–water partition coefficient (Wildman–Crippen LogP) is -0.296. The summed E-state index contributed by atoms with van der Waals surface area (Å²) in [5.74, 6) is 6.88. The topological polar surface area (TPSA) is 53.0 Å². The molecule has 2 fully saturated rings. The van der Waals surface area contributed by atoms with E-state index in [1.54, 1.807) is 5.01 Å². The molecule has 0 aromatic heterocycles. The number of rotatable bonds is 0. The second-order valence-corrected chi connectivity index (χ2v) is 2.93. The van der Waals surface area contributed by atoms with Gasteiger partial charge in [0.05, 0.1) is 6.07 Å². The number of nitrogens with zero attached hydrogens (tertiary/aromatic N) is 2. The second-order valence-electron chi connectivity index (χ2n) is 2.93. The van der Waals surface area contributed by atoms with Crippen LogP contribution in [0.15, 0.2) is 0 Å². The second kappa shape index (κ2) is 1.47. The maximum atomic E-state index is 8.56. The van der Waals surface area contributed by atoms with Crippen molar-refractivity contribution in [2.24, 2.45) is 17.7 Å². The summed E-state index contributed by atoms with van der Waals surface area (Å²) in [5, 5.41) is 10.2. The van der Waals surface area contributed by atoms with E-state index in [4.69, 9.17) is 11.1 Å². The summed E-state index contributed by atoms with van der Waals surface area (Å²) >= 11 is 0. The van der Waals surface area contributed by atoms with Gasteiger partial charge in [-0.3, -0.25) is 5.84 Å². The van der Waals surface area contributed by atoms with E-state index in [0.717, 1.165) is 12.5 Å². The van der Waals surface area contributed by atoms with Crippen LogP contribution >= 0.6 is 0 Å². The van der Waals surface area contributed by atoms with Crippen LogP contribution in [-0.4, -0.2) is 17.6 Å². The average Bonchev–Trinajstić information content (AvgIpc) is 2.45. The molecule has 1 aliphatic carbocycles. The van der Waals surface area contributed by atoms with E-state index in [9.17, 15) is 0 Å². The minimum absolute atomic E-state index is 0.0231. The van der Waals surface area contributed by atoms with Gasteiger partial charge in [0.2, 0.25) is 0 Å². The van der Waals surface area contributed by atoms with Crippen LogP contribution in [0, 0.1) is 23.2 Å². The summed E-state index contributed by atoms with van der Waals surface area (Å²) in [4.78, 5) is 0. The van der Waals surface area contributed by atoms with Gasteiger partial charge in [-0.25, -0.2) is 5.01 Å². The zero-order valence-corrected chi connectivity index (χ0v) is 5.12. The number of hydrazine groups is 1. The molecule has 2 aliphatic rings. The highest BCUT2D eigenvalue weighted by Gasteiger charge is 2.51. The molecule has 0 aromatic carbocycles. The van der Waals surface area contributed by atoms with Gasteiger partial charge in [-0.1, -0.05) is 0 Å². The van der Waals surface area contributed by atoms with Crippen molar-refractivity contribution in [3.8, 4) is 6.07 Å². The number of nitrogens with two attached hydrogens (primary N) is 1. The van der Waals surface area contributed by atoms with Crippen molar-refractivity contribution < 1.29 is 0 Å². The van der Waals surface area contributed by atoms with Crippen LogP contribution in [0.1, 0.15) is 6.42 Å². The van der Waals surface area contributed by atoms with Crippen LogP contribution in [0.25, 0.3) is 0 Å². The van der Waals surface area contributed by atoms with Crippen LogP contribution in [-0.2, 0) is 0 Å². The standard InChI is InChI=1S/C6H9N3/c7-2-6-5-1-4(5)3-9(6)8/h4-6H,1,3,8H2. The Morgan fingerprint density at radius 2 is 2.44 bits per heavy atom. The average molecular weight is 123 g/mol. The number of hydrogen-bond acceptors (Lipinski definition) is 3. The molecule has 3 unspecified atom stereocenters. The lowest BCUT2D eigenvalue weighted by atomic mass is 10.2. The van der Waals surface area contributed by atoms with E-state index in [1.165, 1.54) is 6.42 Å². The minimum Gasteiger partial charge on any atom is -0.268 e. The summed E-state index contributed by atoms with van der Waals surface area (Å²) < 4.78 is 0. The molecule has 3 atom stereocenters. The van der Waals surface area contributed by atoms with Gasteiger partial charge in [0.25, 0.3) is 0 Å². The third kappa shape index (κ3) is 0.576. The largest absolute Gasteiger partial charge is 0.268 e. The Labute approximate surface area is 54.0 Å². The molecule has 0 radical (unpaired) electrons. The molecule has 1 saturated heterocycles. The fraction of sp³-hybridized carbons (Fsp3) is 0.833. The highest BCUT2D eigenvalue weighted by Crippen LogP contribution is 2.47. The van der Waals surface area contributed by atoms with Crippen molar-refractivity contribution in [3.05, 3.63) is 0 Å². The fourth-order valence-corrected chi connectivity index (χ4v) is 1.67. The van der Waals surface area contributed by atoms with Gasteiger partial charge in [-0.2, -0.15) is 5.26 Å². The number of piperidine rings is 1. The van der Waals surface area contributed by atoms with Crippen LogP contribution in [0.4, 0.5) is 0 Å². The molecule has 48 valence electrons.